The van der Waals surface area contributed by atoms with Crippen LogP contribution in [0.25, 0.3) is 0 Å². The quantitative estimate of drug-likeness (QED) is 0.840. The molecule has 2 heterocycles. The van der Waals surface area contributed by atoms with E-state index < -0.39 is 0 Å². The van der Waals surface area contributed by atoms with Crippen LogP contribution in [-0.2, 0) is 4.79 Å². The van der Waals surface area contributed by atoms with Crippen LogP contribution in [0.5, 0.6) is 5.75 Å². The Morgan fingerprint density at radius 1 is 1.08 bits per heavy atom. The summed E-state index contributed by atoms with van der Waals surface area (Å²) in [4.78, 5) is 17.1. The van der Waals surface area contributed by atoms with Gasteiger partial charge < -0.3 is 9.64 Å². The van der Waals surface area contributed by atoms with Gasteiger partial charge in [0.05, 0.1) is 0 Å². The molecule has 0 N–H and O–H groups in total. The molecule has 2 aliphatic rings. The molecule has 0 saturated carbocycles. The lowest BCUT2D eigenvalue weighted by Gasteiger charge is -2.43. The first-order valence-electron chi connectivity index (χ1n) is 9.72. The molecule has 0 aliphatic carbocycles. The van der Waals surface area contributed by atoms with Crippen LogP contribution in [0, 0.1) is 18.8 Å². The number of ether oxygens (including phenoxy) is 1. The highest BCUT2D eigenvalue weighted by atomic mass is 16.5. The Morgan fingerprint density at radius 3 is 2.28 bits per heavy atom. The minimum absolute atomic E-state index is 0.111. The van der Waals surface area contributed by atoms with Crippen LogP contribution in [0.1, 0.15) is 38.7 Å². The van der Waals surface area contributed by atoms with E-state index in [0.717, 1.165) is 43.5 Å². The number of carbonyl (C=O) groups is 1. The number of rotatable bonds is 4. The van der Waals surface area contributed by atoms with E-state index in [2.05, 4.69) is 18.7 Å². The normalized spacial score (nSPS) is 25.8. The second-order valence-electron chi connectivity index (χ2n) is 8.11. The zero-order valence-corrected chi connectivity index (χ0v) is 15.9. The van der Waals surface area contributed by atoms with Gasteiger partial charge in [-0.3, -0.25) is 9.69 Å². The van der Waals surface area contributed by atoms with Gasteiger partial charge in [0.25, 0.3) is 5.91 Å². The molecule has 1 amide bonds. The third kappa shape index (κ3) is 4.97. The van der Waals surface area contributed by atoms with Crippen LogP contribution < -0.4 is 4.74 Å². The van der Waals surface area contributed by atoms with E-state index in [1.165, 1.54) is 25.1 Å². The summed E-state index contributed by atoms with van der Waals surface area (Å²) in [6.07, 6.45) is 3.54. The maximum atomic E-state index is 12.4. The van der Waals surface area contributed by atoms with Gasteiger partial charge >= 0.3 is 0 Å². The molecule has 2 saturated heterocycles. The van der Waals surface area contributed by atoms with Gasteiger partial charge in [0.2, 0.25) is 0 Å². The molecule has 138 valence electrons. The van der Waals surface area contributed by atoms with Crippen LogP contribution in [-0.4, -0.2) is 54.5 Å². The number of nitrogens with zero attached hydrogens (tertiary/aromatic N) is 2. The van der Waals surface area contributed by atoms with Gasteiger partial charge in [-0.25, -0.2) is 0 Å². The van der Waals surface area contributed by atoms with Gasteiger partial charge in [0.15, 0.2) is 6.61 Å². The Bertz CT molecular complexity index is 554. The highest BCUT2D eigenvalue weighted by molar-refractivity contribution is 5.77. The van der Waals surface area contributed by atoms with E-state index in [1.807, 2.05) is 36.1 Å². The number of benzene rings is 1. The van der Waals surface area contributed by atoms with Crippen molar-refractivity contribution in [3.63, 3.8) is 0 Å². The van der Waals surface area contributed by atoms with Crippen molar-refractivity contribution >= 4 is 5.91 Å². The molecular formula is C21H32N2O2. The van der Waals surface area contributed by atoms with E-state index in [1.54, 1.807) is 0 Å². The average Bonchev–Trinajstić information content (AvgIpc) is 2.60. The number of hydrogen-bond acceptors (Lipinski definition) is 3. The largest absolute Gasteiger partial charge is 0.484 e. The minimum atomic E-state index is 0.111. The summed E-state index contributed by atoms with van der Waals surface area (Å²) in [5.74, 6) is 2.47. The van der Waals surface area contributed by atoms with Crippen molar-refractivity contribution in [3.8, 4) is 5.75 Å². The lowest BCUT2D eigenvalue weighted by atomic mass is 9.89. The maximum Gasteiger partial charge on any atom is 0.260 e. The van der Waals surface area contributed by atoms with Crippen LogP contribution in [0.2, 0.25) is 0 Å². The first kappa shape index (κ1) is 18.2. The Balaban J connectivity index is 1.43. The molecule has 2 fully saturated rings. The van der Waals surface area contributed by atoms with E-state index in [4.69, 9.17) is 4.74 Å². The topological polar surface area (TPSA) is 32.8 Å². The highest BCUT2D eigenvalue weighted by Gasteiger charge is 2.31. The van der Waals surface area contributed by atoms with Gasteiger partial charge in [-0.1, -0.05) is 31.5 Å². The van der Waals surface area contributed by atoms with Crippen molar-refractivity contribution in [2.24, 2.45) is 11.8 Å². The number of hydrogen-bond donors (Lipinski definition) is 0. The molecule has 0 unspecified atom stereocenters. The Morgan fingerprint density at radius 2 is 1.68 bits per heavy atom. The fourth-order valence-corrected chi connectivity index (χ4v) is 4.36. The predicted octanol–water partition coefficient (Wildman–Crippen LogP) is 3.34. The van der Waals surface area contributed by atoms with Crippen LogP contribution >= 0.6 is 0 Å². The summed E-state index contributed by atoms with van der Waals surface area (Å²) in [7, 11) is 0. The molecule has 2 aliphatic heterocycles. The van der Waals surface area contributed by atoms with Crippen molar-refractivity contribution < 1.29 is 9.53 Å². The summed E-state index contributed by atoms with van der Waals surface area (Å²) in [5.41, 5.74) is 1.20. The first-order chi connectivity index (χ1) is 12.0. The third-order valence-corrected chi connectivity index (χ3v) is 5.61. The van der Waals surface area contributed by atoms with Crippen LogP contribution in [0.15, 0.2) is 24.3 Å². The smallest absolute Gasteiger partial charge is 0.260 e. The average molecular weight is 344 g/mol. The summed E-state index contributed by atoms with van der Waals surface area (Å²) in [5, 5.41) is 0. The molecule has 0 aromatic heterocycles. The van der Waals surface area contributed by atoms with Crippen molar-refractivity contribution in [3.05, 3.63) is 29.8 Å². The molecule has 4 heteroatoms. The van der Waals surface area contributed by atoms with Gasteiger partial charge in [0.1, 0.15) is 5.75 Å². The lowest BCUT2D eigenvalue weighted by molar-refractivity contribution is -0.135. The number of piperidine rings is 2. The Labute approximate surface area is 152 Å². The molecule has 1 aromatic rings. The monoisotopic (exact) mass is 344 g/mol. The van der Waals surface area contributed by atoms with E-state index in [-0.39, 0.29) is 12.5 Å². The second-order valence-corrected chi connectivity index (χ2v) is 8.11. The Kier molecular flexibility index (Phi) is 6.00. The molecule has 1 aromatic carbocycles. The van der Waals surface area contributed by atoms with Crippen LogP contribution in [0.4, 0.5) is 0 Å². The summed E-state index contributed by atoms with van der Waals surface area (Å²) < 4.78 is 5.65. The fourth-order valence-electron chi connectivity index (χ4n) is 4.36. The van der Waals surface area contributed by atoms with Crippen molar-refractivity contribution in [1.82, 2.24) is 9.80 Å². The van der Waals surface area contributed by atoms with E-state index in [9.17, 15) is 4.79 Å². The molecule has 0 spiro atoms. The van der Waals surface area contributed by atoms with Gasteiger partial charge in [-0.2, -0.15) is 0 Å². The predicted molar refractivity (Wildman–Crippen MR) is 101 cm³/mol. The van der Waals surface area contributed by atoms with Crippen LogP contribution in [0.3, 0.4) is 0 Å². The molecule has 3 rings (SSSR count). The highest BCUT2D eigenvalue weighted by Crippen LogP contribution is 2.26. The lowest BCUT2D eigenvalue weighted by Crippen LogP contribution is -2.51. The van der Waals surface area contributed by atoms with Crippen molar-refractivity contribution in [2.45, 2.75) is 46.1 Å². The third-order valence-electron chi connectivity index (χ3n) is 5.61. The SMILES string of the molecule is Cc1ccc(OCC(=O)N2CCC(N3C[C@H](C)C[C@@H](C)C3)CC2)cc1. The molecule has 25 heavy (non-hydrogen) atoms. The molecule has 4 nitrogen and oxygen atoms in total. The molecular weight excluding hydrogens is 312 g/mol. The Hall–Kier alpha value is -1.55. The molecule has 2 atom stereocenters. The van der Waals surface area contributed by atoms with Crippen molar-refractivity contribution in [1.29, 1.82) is 0 Å². The molecule has 0 bridgehead atoms. The van der Waals surface area contributed by atoms with Gasteiger partial charge in [0, 0.05) is 32.2 Å². The maximum absolute atomic E-state index is 12.4. The fraction of sp³-hybridized carbons (Fsp3) is 0.667. The van der Waals surface area contributed by atoms with Crippen molar-refractivity contribution in [2.75, 3.05) is 32.8 Å². The standard InChI is InChI=1S/C21H32N2O2/c1-16-4-6-20(7-5-16)25-15-21(24)22-10-8-19(9-11-22)23-13-17(2)12-18(3)14-23/h4-7,17-19H,8-15H2,1-3H3/t17-,18-/m1/s1. The second kappa shape index (κ2) is 8.22. The summed E-state index contributed by atoms with van der Waals surface area (Å²) in [6, 6.07) is 8.51. The number of amides is 1. The zero-order chi connectivity index (χ0) is 17.8. The van der Waals surface area contributed by atoms with E-state index >= 15 is 0 Å². The summed E-state index contributed by atoms with van der Waals surface area (Å²) in [6.45, 7) is 11.1. The first-order valence-corrected chi connectivity index (χ1v) is 9.72. The van der Waals surface area contributed by atoms with Gasteiger partial charge in [-0.15, -0.1) is 0 Å². The molecule has 0 radical (unpaired) electrons. The summed E-state index contributed by atoms with van der Waals surface area (Å²) >= 11 is 0. The number of likely N-dealkylation sites (tertiary alicyclic amines) is 2. The van der Waals surface area contributed by atoms with E-state index in [0.29, 0.717) is 6.04 Å². The number of carbonyl (C=O) groups excluding carboxylic acids is 1. The number of aryl methyl sites for hydroxylation is 1. The zero-order valence-electron chi connectivity index (χ0n) is 15.9. The van der Waals surface area contributed by atoms with Gasteiger partial charge in [-0.05, 0) is 50.2 Å². The minimum Gasteiger partial charge on any atom is -0.484 e.